The molecule has 0 N–H and O–H groups in total. The first-order valence-electron chi connectivity index (χ1n) is 21.9. The van der Waals surface area contributed by atoms with Crippen LogP contribution in [-0.4, -0.2) is 20.1 Å². The summed E-state index contributed by atoms with van der Waals surface area (Å²) in [5, 5.41) is 1.70. The predicted molar refractivity (Wildman–Crippen MR) is 271 cm³/mol. The Morgan fingerprint density at radius 2 is 0.652 bits per heavy atom. The minimum absolute atomic E-state index is 0.161. The topological polar surface area (TPSA) is 43.4 Å². The normalized spacial score (nSPS) is 14.3. The molecule has 0 saturated heterocycles. The summed E-state index contributed by atoms with van der Waals surface area (Å²) >= 11 is 20.9. The molecule has 0 bridgehead atoms. The SMILES string of the molecule is Clc1cc2c3c(c1)Oc1cc4c(cc1B3c1cc3c(cc1O2)N(c1ccccc1)c1cc(Cl)cc2c1B3c1ccccc1O2)B1c2ccccc2Oc2cc(Cl)cc(c21)N4c1ccccc1. The van der Waals surface area contributed by atoms with E-state index in [2.05, 4.69) is 107 Å². The van der Waals surface area contributed by atoms with Crippen LogP contribution >= 0.6 is 34.8 Å². The number of halogens is 3. The third-order valence-corrected chi connectivity index (χ3v) is 14.7. The molecular weight excluding hydrogens is 879 g/mol. The molecule has 9 aromatic rings. The number of anilines is 6. The third-order valence-electron chi connectivity index (χ3n) is 14.0. The molecule has 0 unspecified atom stereocenters. The van der Waals surface area contributed by atoms with E-state index < -0.39 is 0 Å². The quantitative estimate of drug-likeness (QED) is 0.161. The van der Waals surface area contributed by atoms with Gasteiger partial charge in [-0.3, -0.25) is 0 Å². The molecule has 0 amide bonds. The Morgan fingerprint density at radius 1 is 0.288 bits per heavy atom. The van der Waals surface area contributed by atoms with Crippen LogP contribution in [0.5, 0.6) is 46.0 Å². The smallest absolute Gasteiger partial charge is 0.260 e. The summed E-state index contributed by atoms with van der Waals surface area (Å²) in [6.45, 7) is -0.606. The van der Waals surface area contributed by atoms with E-state index in [1.165, 1.54) is 0 Å². The Morgan fingerprint density at radius 3 is 1.11 bits per heavy atom. The lowest BCUT2D eigenvalue weighted by atomic mass is 9.30. The van der Waals surface area contributed by atoms with Crippen molar-refractivity contribution in [3.8, 4) is 46.0 Å². The second-order valence-corrected chi connectivity index (χ2v) is 18.8. The maximum Gasteiger partial charge on any atom is 0.260 e. The zero-order valence-electron chi connectivity index (χ0n) is 34.6. The summed E-state index contributed by atoms with van der Waals surface area (Å²) < 4.78 is 27.4. The first kappa shape index (κ1) is 37.1. The summed E-state index contributed by atoms with van der Waals surface area (Å²) in [5.74, 6) is 5.90. The van der Waals surface area contributed by atoms with Gasteiger partial charge in [-0.1, -0.05) is 120 Å². The van der Waals surface area contributed by atoms with Gasteiger partial charge >= 0.3 is 0 Å². The molecular formula is C54H28B3Cl3N2O4. The van der Waals surface area contributed by atoms with Crippen molar-refractivity contribution >= 4 is 138 Å². The van der Waals surface area contributed by atoms with Crippen molar-refractivity contribution in [1.82, 2.24) is 0 Å². The van der Waals surface area contributed by atoms with Crippen molar-refractivity contribution < 1.29 is 18.9 Å². The van der Waals surface area contributed by atoms with Gasteiger partial charge in [-0.15, -0.1) is 0 Å². The molecule has 6 heterocycles. The number of fused-ring (bicyclic) bond motifs is 12. The van der Waals surface area contributed by atoms with Gasteiger partial charge in [-0.05, 0) is 116 Å². The molecule has 6 nitrogen and oxygen atoms in total. The van der Waals surface area contributed by atoms with Crippen LogP contribution in [0.1, 0.15) is 0 Å². The Kier molecular flexibility index (Phi) is 7.57. The van der Waals surface area contributed by atoms with E-state index in [9.17, 15) is 0 Å². The van der Waals surface area contributed by atoms with Crippen LogP contribution in [0, 0.1) is 0 Å². The van der Waals surface area contributed by atoms with Gasteiger partial charge in [-0.2, -0.15) is 0 Å². The molecule has 0 radical (unpaired) electrons. The maximum atomic E-state index is 7.04. The largest absolute Gasteiger partial charge is 0.458 e. The molecule has 6 aliphatic rings. The minimum Gasteiger partial charge on any atom is -0.458 e. The molecule has 0 fully saturated rings. The number of ether oxygens (including phenoxy) is 4. The van der Waals surface area contributed by atoms with Crippen molar-refractivity contribution in [1.29, 1.82) is 0 Å². The Labute approximate surface area is 395 Å². The zero-order chi connectivity index (χ0) is 43.5. The Bertz CT molecular complexity index is 3420. The summed E-state index contributed by atoms with van der Waals surface area (Å²) in [6, 6.07) is 58.4. The van der Waals surface area contributed by atoms with Crippen molar-refractivity contribution in [2.24, 2.45) is 0 Å². The monoisotopic (exact) mass is 906 g/mol. The standard InChI is InChI=1S/C54H28B3Cl3N2O4/c58-29-19-42-52-48(21-29)63-44-17-9-7-15-34(44)55(52)36-25-38-46(27-40(36)61(42)32-11-3-1-4-12-32)65-50-23-31(60)24-51-54(50)57(38)39-26-37-41(28-47(39)66-51)62(33-13-5-2-6-14-33)43-20-30(59)22-49-53(43)56(37)35-16-8-10-18-45(35)64-49/h1-28H. The average molecular weight is 908 g/mol. The number of rotatable bonds is 2. The van der Waals surface area contributed by atoms with E-state index in [0.717, 1.165) is 118 Å². The lowest BCUT2D eigenvalue weighted by Crippen LogP contribution is -2.64. The first-order chi connectivity index (χ1) is 32.4. The average Bonchev–Trinajstić information content (AvgIpc) is 3.32. The number of benzene rings is 9. The predicted octanol–water partition coefficient (Wildman–Crippen LogP) is 9.18. The molecule has 15 rings (SSSR count). The van der Waals surface area contributed by atoms with E-state index >= 15 is 0 Å². The van der Waals surface area contributed by atoms with Crippen molar-refractivity contribution in [2.75, 3.05) is 9.80 Å². The van der Waals surface area contributed by atoms with Gasteiger partial charge in [0.05, 0.1) is 0 Å². The molecule has 0 saturated carbocycles. The van der Waals surface area contributed by atoms with Gasteiger partial charge in [0.15, 0.2) is 0 Å². The molecule has 0 atom stereocenters. The maximum absolute atomic E-state index is 7.04. The first-order valence-corrected chi connectivity index (χ1v) is 23.0. The summed E-state index contributed by atoms with van der Waals surface area (Å²) in [5.41, 5.74) is 15.4. The Hall–Kier alpha value is -7.16. The van der Waals surface area contributed by atoms with Gasteiger partial charge in [-0.25, -0.2) is 0 Å². The summed E-state index contributed by atoms with van der Waals surface area (Å²) in [7, 11) is 0. The van der Waals surface area contributed by atoms with Crippen molar-refractivity contribution in [2.45, 2.75) is 0 Å². The molecule has 6 aliphatic heterocycles. The van der Waals surface area contributed by atoms with E-state index in [0.29, 0.717) is 26.6 Å². The van der Waals surface area contributed by atoms with Gasteiger partial charge in [0, 0.05) is 66.8 Å². The fourth-order valence-electron chi connectivity index (χ4n) is 11.5. The van der Waals surface area contributed by atoms with Crippen LogP contribution in [-0.2, 0) is 0 Å². The third kappa shape index (κ3) is 5.08. The zero-order valence-corrected chi connectivity index (χ0v) is 36.8. The molecule has 9 aromatic carbocycles. The van der Waals surface area contributed by atoms with E-state index in [1.54, 1.807) is 0 Å². The van der Waals surface area contributed by atoms with Crippen molar-refractivity contribution in [3.05, 3.63) is 185 Å². The minimum atomic E-state index is -0.284. The van der Waals surface area contributed by atoms with Crippen LogP contribution in [0.4, 0.5) is 34.1 Å². The molecule has 308 valence electrons. The van der Waals surface area contributed by atoms with Crippen LogP contribution in [0.3, 0.4) is 0 Å². The van der Waals surface area contributed by atoms with Gasteiger partial charge in [0.2, 0.25) is 0 Å². The molecule has 0 aliphatic carbocycles. The molecule has 0 spiro atoms. The highest BCUT2D eigenvalue weighted by atomic mass is 35.5. The Balaban J connectivity index is 1.01. The van der Waals surface area contributed by atoms with Gasteiger partial charge in [0.25, 0.3) is 20.1 Å². The fraction of sp³-hybridized carbons (Fsp3) is 0. The van der Waals surface area contributed by atoms with Gasteiger partial charge in [0.1, 0.15) is 46.0 Å². The van der Waals surface area contributed by atoms with Gasteiger partial charge < -0.3 is 28.7 Å². The highest BCUT2D eigenvalue weighted by molar-refractivity contribution is 7.03. The molecule has 12 heteroatoms. The molecule has 66 heavy (non-hydrogen) atoms. The van der Waals surface area contributed by atoms with Crippen LogP contribution in [0.25, 0.3) is 0 Å². The van der Waals surface area contributed by atoms with E-state index in [1.807, 2.05) is 72.8 Å². The summed E-state index contributed by atoms with van der Waals surface area (Å²) in [6.07, 6.45) is 0. The highest BCUT2D eigenvalue weighted by Crippen LogP contribution is 2.47. The lowest BCUT2D eigenvalue weighted by molar-refractivity contribution is 0.465. The molecule has 0 aromatic heterocycles. The highest BCUT2D eigenvalue weighted by Gasteiger charge is 2.49. The second-order valence-electron chi connectivity index (χ2n) is 17.5. The lowest BCUT2D eigenvalue weighted by Gasteiger charge is -2.42. The van der Waals surface area contributed by atoms with Crippen LogP contribution < -0.4 is 77.9 Å². The fourth-order valence-corrected chi connectivity index (χ4v) is 12.1. The number of hydrogen-bond donors (Lipinski definition) is 0. The van der Waals surface area contributed by atoms with E-state index in [4.69, 9.17) is 53.8 Å². The van der Waals surface area contributed by atoms with Crippen LogP contribution in [0.15, 0.2) is 170 Å². The van der Waals surface area contributed by atoms with E-state index in [-0.39, 0.29) is 20.1 Å². The number of nitrogens with zero attached hydrogens (tertiary/aromatic N) is 2. The van der Waals surface area contributed by atoms with Crippen LogP contribution in [0.2, 0.25) is 15.1 Å². The second kappa shape index (κ2) is 13.5. The number of hydrogen-bond acceptors (Lipinski definition) is 6. The van der Waals surface area contributed by atoms with Crippen molar-refractivity contribution in [3.63, 3.8) is 0 Å². The number of para-hydroxylation sites is 4. The summed E-state index contributed by atoms with van der Waals surface area (Å²) in [4.78, 5) is 4.57.